The third-order valence-corrected chi connectivity index (χ3v) is 5.85. The van der Waals surface area contributed by atoms with Crippen molar-refractivity contribution < 1.29 is 28.8 Å². The summed E-state index contributed by atoms with van der Waals surface area (Å²) in [5, 5.41) is 25.3. The quantitative estimate of drug-likeness (QED) is 0.281. The van der Waals surface area contributed by atoms with Crippen molar-refractivity contribution in [3.8, 4) is 11.5 Å². The van der Waals surface area contributed by atoms with E-state index in [1.165, 1.54) is 32.4 Å². The number of hydrogen-bond acceptors (Lipinski definition) is 9. The van der Waals surface area contributed by atoms with E-state index < -0.39 is 46.9 Å². The van der Waals surface area contributed by atoms with Gasteiger partial charge in [-0.15, -0.1) is 0 Å². The highest BCUT2D eigenvalue weighted by molar-refractivity contribution is 6.01. The maximum Gasteiger partial charge on any atom is 0.273 e. The van der Waals surface area contributed by atoms with Crippen LogP contribution in [0.3, 0.4) is 0 Å². The number of methoxy groups -OCH3 is 2. The molecular formula is C22H24N6O7. The number of benzene rings is 2. The molecule has 13 nitrogen and oxygen atoms in total. The number of amides is 3. The molecule has 2 fully saturated rings. The van der Waals surface area contributed by atoms with Gasteiger partial charge in [-0.1, -0.05) is 12.1 Å². The minimum absolute atomic E-state index is 0.0802. The van der Waals surface area contributed by atoms with Crippen molar-refractivity contribution >= 4 is 34.8 Å². The van der Waals surface area contributed by atoms with Gasteiger partial charge in [-0.3, -0.25) is 29.8 Å². The Bertz CT molecular complexity index is 1170. The predicted molar refractivity (Wildman–Crippen MR) is 123 cm³/mol. The molecule has 184 valence electrons. The molecule has 13 heteroatoms. The van der Waals surface area contributed by atoms with Gasteiger partial charge in [-0.25, -0.2) is 0 Å². The van der Waals surface area contributed by atoms with Crippen LogP contribution in [-0.4, -0.2) is 49.3 Å². The average molecular weight is 484 g/mol. The Balaban J connectivity index is 1.51. The highest BCUT2D eigenvalue weighted by Crippen LogP contribution is 2.32. The van der Waals surface area contributed by atoms with E-state index in [-0.39, 0.29) is 23.5 Å². The van der Waals surface area contributed by atoms with E-state index in [9.17, 15) is 24.5 Å². The number of carbonyl (C=O) groups excluding carboxylic acids is 3. The predicted octanol–water partition coefficient (Wildman–Crippen LogP) is 0.744. The van der Waals surface area contributed by atoms with Crippen molar-refractivity contribution in [3.63, 3.8) is 0 Å². The summed E-state index contributed by atoms with van der Waals surface area (Å²) in [5.41, 5.74) is 0.597. The van der Waals surface area contributed by atoms with Gasteiger partial charge in [0.1, 0.15) is 11.5 Å². The van der Waals surface area contributed by atoms with Crippen LogP contribution in [0.1, 0.15) is 6.42 Å². The van der Waals surface area contributed by atoms with Gasteiger partial charge >= 0.3 is 0 Å². The average Bonchev–Trinajstić information content (AvgIpc) is 2.83. The third kappa shape index (κ3) is 4.94. The highest BCUT2D eigenvalue weighted by atomic mass is 16.6. The second-order valence-corrected chi connectivity index (χ2v) is 7.97. The number of rotatable bonds is 7. The zero-order valence-electron chi connectivity index (χ0n) is 18.9. The Morgan fingerprint density at radius 1 is 1.06 bits per heavy atom. The van der Waals surface area contributed by atoms with Gasteiger partial charge in [0.2, 0.25) is 17.7 Å². The van der Waals surface area contributed by atoms with Gasteiger partial charge in [0.05, 0.1) is 54.6 Å². The lowest BCUT2D eigenvalue weighted by Gasteiger charge is -2.43. The lowest BCUT2D eigenvalue weighted by atomic mass is 9.81. The van der Waals surface area contributed by atoms with Crippen LogP contribution in [-0.2, 0) is 14.4 Å². The van der Waals surface area contributed by atoms with Crippen LogP contribution in [0.15, 0.2) is 42.5 Å². The number of ether oxygens (including phenoxy) is 2. The van der Waals surface area contributed by atoms with Crippen molar-refractivity contribution in [2.75, 3.05) is 24.9 Å². The fraction of sp³-hybridized carbons (Fsp3) is 0.318. The van der Waals surface area contributed by atoms with Crippen molar-refractivity contribution in [1.82, 2.24) is 16.0 Å². The third-order valence-electron chi connectivity index (χ3n) is 5.85. The molecule has 0 aromatic heterocycles. The summed E-state index contributed by atoms with van der Waals surface area (Å²) in [5.74, 6) is -2.67. The number of nitrogens with zero attached hydrogens (tertiary/aromatic N) is 1. The second kappa shape index (κ2) is 9.85. The minimum Gasteiger partial charge on any atom is -0.495 e. The lowest BCUT2D eigenvalue weighted by Crippen LogP contribution is -2.72. The van der Waals surface area contributed by atoms with Crippen molar-refractivity contribution in [3.05, 3.63) is 52.6 Å². The number of anilines is 2. The van der Waals surface area contributed by atoms with Gasteiger partial charge in [0.25, 0.3) is 5.69 Å². The molecule has 2 aliphatic heterocycles. The van der Waals surface area contributed by atoms with Gasteiger partial charge in [-0.05, 0) is 18.2 Å². The van der Waals surface area contributed by atoms with Crippen LogP contribution >= 0.6 is 0 Å². The first-order valence-electron chi connectivity index (χ1n) is 10.7. The highest BCUT2D eigenvalue weighted by Gasteiger charge is 2.48. The van der Waals surface area contributed by atoms with Crippen LogP contribution in [0.4, 0.5) is 17.1 Å². The fourth-order valence-corrected chi connectivity index (χ4v) is 4.20. The summed E-state index contributed by atoms with van der Waals surface area (Å²) in [6.07, 6.45) is -1.76. The molecule has 4 rings (SSSR count). The number of carbonyl (C=O) groups is 3. The number of hydrogen-bond donors (Lipinski definition) is 5. The zero-order chi connectivity index (χ0) is 25.1. The largest absolute Gasteiger partial charge is 0.495 e. The number of non-ortho nitro benzene ring substituents is 1. The standard InChI is InChI=1S/C22H24N6O7/c1-34-15-6-4-3-5-13(15)24-22-26-19-18(21(31)27-22)12(10-17(29)25-19)20(30)23-14-8-7-11(28(32)33)9-16(14)35-2/h3-9,12,18-19,22,24,26H,10H2,1-2H3,(H,23,30)(H,25,29)(H,27,31). The van der Waals surface area contributed by atoms with Crippen molar-refractivity contribution in [1.29, 1.82) is 0 Å². The normalized spacial score (nSPS) is 23.3. The molecular weight excluding hydrogens is 460 g/mol. The number of nitrogens with one attached hydrogen (secondary N) is 5. The van der Waals surface area contributed by atoms with Crippen LogP contribution in [0.2, 0.25) is 0 Å². The number of para-hydroxylation sites is 2. The lowest BCUT2D eigenvalue weighted by molar-refractivity contribution is -0.384. The number of fused-ring (bicyclic) bond motifs is 1. The molecule has 4 atom stereocenters. The second-order valence-electron chi connectivity index (χ2n) is 7.97. The zero-order valence-corrected chi connectivity index (χ0v) is 18.9. The molecule has 2 heterocycles. The Kier molecular flexibility index (Phi) is 6.68. The molecule has 5 N–H and O–H groups in total. The molecule has 35 heavy (non-hydrogen) atoms. The van der Waals surface area contributed by atoms with Crippen LogP contribution in [0, 0.1) is 22.0 Å². The Hall–Kier alpha value is -4.39. The first-order valence-corrected chi connectivity index (χ1v) is 10.7. The SMILES string of the molecule is COc1cc([N+](=O)[O-])ccc1NC(=O)C1CC(=O)NC2NC(Nc3ccccc3OC)NC(=O)C21. The number of piperidine rings is 1. The summed E-state index contributed by atoms with van der Waals surface area (Å²) in [4.78, 5) is 49.0. The molecule has 0 aliphatic carbocycles. The van der Waals surface area contributed by atoms with Crippen molar-refractivity contribution in [2.45, 2.75) is 18.9 Å². The molecule has 0 saturated carbocycles. The Morgan fingerprint density at radius 3 is 2.51 bits per heavy atom. The maximum absolute atomic E-state index is 13.1. The van der Waals surface area contributed by atoms with E-state index in [1.54, 1.807) is 24.3 Å². The molecule has 4 unspecified atom stereocenters. The first-order chi connectivity index (χ1) is 16.8. The van der Waals surface area contributed by atoms with Crippen LogP contribution in [0.25, 0.3) is 0 Å². The molecule has 0 spiro atoms. The van der Waals surface area contributed by atoms with Gasteiger partial charge in [-0.2, -0.15) is 0 Å². The van der Waals surface area contributed by atoms with Crippen molar-refractivity contribution in [2.24, 2.45) is 11.8 Å². The fourth-order valence-electron chi connectivity index (χ4n) is 4.20. The molecule has 2 aliphatic rings. The number of nitro benzene ring substituents is 1. The van der Waals surface area contributed by atoms with Gasteiger partial charge in [0, 0.05) is 12.5 Å². The summed E-state index contributed by atoms with van der Waals surface area (Å²) in [6, 6.07) is 10.9. The van der Waals surface area contributed by atoms with E-state index in [1.807, 2.05) is 0 Å². The molecule has 3 amide bonds. The van der Waals surface area contributed by atoms with Crippen LogP contribution < -0.4 is 36.1 Å². The van der Waals surface area contributed by atoms with Gasteiger partial charge in [0.15, 0.2) is 6.29 Å². The van der Waals surface area contributed by atoms with E-state index in [2.05, 4.69) is 26.6 Å². The van der Waals surface area contributed by atoms with Gasteiger partial charge < -0.3 is 30.7 Å². The summed E-state index contributed by atoms with van der Waals surface area (Å²) >= 11 is 0. The summed E-state index contributed by atoms with van der Waals surface area (Å²) in [7, 11) is 2.83. The molecule has 2 saturated heterocycles. The Morgan fingerprint density at radius 2 is 1.80 bits per heavy atom. The minimum atomic E-state index is -0.992. The van der Waals surface area contributed by atoms with E-state index in [0.717, 1.165) is 0 Å². The monoisotopic (exact) mass is 484 g/mol. The topological polar surface area (TPSA) is 173 Å². The number of nitro groups is 1. The summed E-state index contributed by atoms with van der Waals surface area (Å²) in [6.45, 7) is 0. The Labute approximate surface area is 199 Å². The van der Waals surface area contributed by atoms with E-state index in [4.69, 9.17) is 9.47 Å². The molecule has 2 aromatic carbocycles. The summed E-state index contributed by atoms with van der Waals surface area (Å²) < 4.78 is 10.5. The van der Waals surface area contributed by atoms with Crippen LogP contribution in [0.5, 0.6) is 11.5 Å². The maximum atomic E-state index is 13.1. The molecule has 0 bridgehead atoms. The first kappa shape index (κ1) is 23.8. The van der Waals surface area contributed by atoms with E-state index in [0.29, 0.717) is 11.4 Å². The molecule has 2 aromatic rings. The smallest absolute Gasteiger partial charge is 0.273 e. The molecule has 0 radical (unpaired) electrons. The van der Waals surface area contributed by atoms with E-state index >= 15 is 0 Å².